The summed E-state index contributed by atoms with van der Waals surface area (Å²) in [5, 5.41) is 0. The first kappa shape index (κ1) is 26.5. The number of benzene rings is 5. The summed E-state index contributed by atoms with van der Waals surface area (Å²) in [5.74, 6) is 0. The maximum Gasteiger partial charge on any atom is 0.0426 e. The Morgan fingerprint density at radius 3 is 1.13 bits per heavy atom. The van der Waals surface area contributed by atoms with Crippen LogP contribution in [0.15, 0.2) is 121 Å². The highest BCUT2D eigenvalue weighted by atomic mass is 15.1. The van der Waals surface area contributed by atoms with E-state index in [1.807, 2.05) is 0 Å². The third-order valence-corrected chi connectivity index (χ3v) is 7.68. The van der Waals surface area contributed by atoms with Gasteiger partial charge in [0.25, 0.3) is 0 Å². The zero-order chi connectivity index (χ0) is 27.0. The Labute approximate surface area is 234 Å². The van der Waals surface area contributed by atoms with Crippen LogP contribution in [-0.2, 0) is 32.2 Å². The van der Waals surface area contributed by atoms with Crippen molar-refractivity contribution in [2.24, 2.45) is 0 Å². The zero-order valence-corrected chi connectivity index (χ0v) is 23.5. The van der Waals surface area contributed by atoms with E-state index in [1.54, 1.807) is 0 Å². The van der Waals surface area contributed by atoms with E-state index in [9.17, 15) is 0 Å². The second-order valence-electron chi connectivity index (χ2n) is 10.9. The number of hydrogen-bond donors (Lipinski definition) is 0. The first-order chi connectivity index (χ1) is 19.0. The van der Waals surface area contributed by atoms with Crippen LogP contribution in [0.2, 0.25) is 0 Å². The molecule has 0 amide bonds. The molecule has 0 saturated heterocycles. The second-order valence-corrected chi connectivity index (χ2v) is 10.9. The standard InChI is InChI=1S/C38H39N/c1-29-4-8-31(9-5-29)10-11-32-12-14-33(15-13-32)16-17-34-20-26-38(27-21-34)39(3)28-35-18-24-37(25-19-35)36-22-6-30(2)7-23-36/h4-9,12-15,18-27H,10-11,16-17,28H2,1-3H3. The molecule has 39 heavy (non-hydrogen) atoms. The van der Waals surface area contributed by atoms with Crippen LogP contribution in [0.3, 0.4) is 0 Å². The lowest BCUT2D eigenvalue weighted by Gasteiger charge is -2.20. The summed E-state index contributed by atoms with van der Waals surface area (Å²) in [6.07, 6.45) is 4.32. The molecule has 0 aromatic heterocycles. The highest BCUT2D eigenvalue weighted by molar-refractivity contribution is 5.64. The van der Waals surface area contributed by atoms with Gasteiger partial charge in [-0.1, -0.05) is 120 Å². The fourth-order valence-corrected chi connectivity index (χ4v) is 5.04. The quantitative estimate of drug-likeness (QED) is 0.181. The summed E-state index contributed by atoms with van der Waals surface area (Å²) in [4.78, 5) is 2.32. The Kier molecular flexibility index (Phi) is 8.58. The van der Waals surface area contributed by atoms with E-state index < -0.39 is 0 Å². The monoisotopic (exact) mass is 509 g/mol. The molecule has 0 aliphatic heterocycles. The SMILES string of the molecule is Cc1ccc(CCc2ccc(CCc3ccc(N(C)Cc4ccc(-c5ccc(C)cc5)cc4)cc3)cc2)cc1. The van der Waals surface area contributed by atoms with Crippen LogP contribution in [0.5, 0.6) is 0 Å². The molecule has 0 bridgehead atoms. The fraction of sp³-hybridized carbons (Fsp3) is 0.211. The Hall–Kier alpha value is -4.10. The Bertz CT molecular complexity index is 1440. The minimum Gasteiger partial charge on any atom is -0.370 e. The van der Waals surface area contributed by atoms with E-state index in [-0.39, 0.29) is 0 Å². The van der Waals surface area contributed by atoms with E-state index in [0.717, 1.165) is 32.2 Å². The third kappa shape index (κ3) is 7.48. The third-order valence-electron chi connectivity index (χ3n) is 7.68. The maximum absolute atomic E-state index is 2.32. The summed E-state index contributed by atoms with van der Waals surface area (Å²) in [6.45, 7) is 5.16. The van der Waals surface area contributed by atoms with Gasteiger partial charge in [-0.2, -0.15) is 0 Å². The van der Waals surface area contributed by atoms with Crippen LogP contribution in [0, 0.1) is 13.8 Å². The van der Waals surface area contributed by atoms with Crippen molar-refractivity contribution < 1.29 is 0 Å². The second kappa shape index (κ2) is 12.6. The minimum atomic E-state index is 0.893. The molecule has 5 aromatic rings. The predicted molar refractivity (Wildman–Crippen MR) is 168 cm³/mol. The summed E-state index contributed by atoms with van der Waals surface area (Å²) >= 11 is 0. The summed E-state index contributed by atoms with van der Waals surface area (Å²) in [6, 6.07) is 44.9. The lowest BCUT2D eigenvalue weighted by Crippen LogP contribution is -2.16. The molecule has 0 N–H and O–H groups in total. The van der Waals surface area contributed by atoms with Crippen molar-refractivity contribution in [3.63, 3.8) is 0 Å². The molecule has 1 heteroatoms. The molecular formula is C38H39N. The molecule has 196 valence electrons. The van der Waals surface area contributed by atoms with Gasteiger partial charge in [0.05, 0.1) is 0 Å². The van der Waals surface area contributed by atoms with Gasteiger partial charge in [-0.05, 0) is 90.6 Å². The van der Waals surface area contributed by atoms with Crippen LogP contribution >= 0.6 is 0 Å². The summed E-state index contributed by atoms with van der Waals surface area (Å²) < 4.78 is 0. The topological polar surface area (TPSA) is 3.24 Å². The molecule has 5 aromatic carbocycles. The van der Waals surface area contributed by atoms with E-state index in [0.29, 0.717) is 0 Å². The molecule has 5 rings (SSSR count). The molecule has 0 radical (unpaired) electrons. The highest BCUT2D eigenvalue weighted by Crippen LogP contribution is 2.22. The molecule has 0 saturated carbocycles. The normalized spacial score (nSPS) is 10.9. The van der Waals surface area contributed by atoms with Crippen LogP contribution in [-0.4, -0.2) is 7.05 Å². The smallest absolute Gasteiger partial charge is 0.0426 e. The Morgan fingerprint density at radius 1 is 0.385 bits per heavy atom. The van der Waals surface area contributed by atoms with E-state index in [1.165, 1.54) is 55.8 Å². The zero-order valence-electron chi connectivity index (χ0n) is 23.5. The molecule has 0 fully saturated rings. The lowest BCUT2D eigenvalue weighted by molar-refractivity contribution is 0.917. The van der Waals surface area contributed by atoms with Gasteiger partial charge in [0, 0.05) is 19.3 Å². The van der Waals surface area contributed by atoms with E-state index in [4.69, 9.17) is 0 Å². The summed E-state index contributed by atoms with van der Waals surface area (Å²) in [7, 11) is 2.17. The van der Waals surface area contributed by atoms with E-state index in [2.05, 4.69) is 147 Å². The van der Waals surface area contributed by atoms with Crippen molar-refractivity contribution in [3.05, 3.63) is 160 Å². The van der Waals surface area contributed by atoms with Gasteiger partial charge in [0.1, 0.15) is 0 Å². The predicted octanol–water partition coefficient (Wildman–Crippen LogP) is 9.18. The molecule has 0 spiro atoms. The Morgan fingerprint density at radius 2 is 0.692 bits per heavy atom. The molecule has 0 atom stereocenters. The number of anilines is 1. The van der Waals surface area contributed by atoms with Crippen molar-refractivity contribution in [2.75, 3.05) is 11.9 Å². The number of nitrogens with zero attached hydrogens (tertiary/aromatic N) is 1. The molecule has 0 aliphatic carbocycles. The van der Waals surface area contributed by atoms with Gasteiger partial charge in [-0.25, -0.2) is 0 Å². The first-order valence-corrected chi connectivity index (χ1v) is 14.1. The van der Waals surface area contributed by atoms with Gasteiger partial charge >= 0.3 is 0 Å². The van der Waals surface area contributed by atoms with Crippen LogP contribution in [0.4, 0.5) is 5.69 Å². The first-order valence-electron chi connectivity index (χ1n) is 14.1. The van der Waals surface area contributed by atoms with Crippen molar-refractivity contribution in [2.45, 2.75) is 46.1 Å². The number of aryl methyl sites for hydroxylation is 6. The lowest BCUT2D eigenvalue weighted by atomic mass is 10.00. The summed E-state index contributed by atoms with van der Waals surface area (Å²) in [5.41, 5.74) is 13.3. The van der Waals surface area contributed by atoms with Gasteiger partial charge in [0.15, 0.2) is 0 Å². The van der Waals surface area contributed by atoms with Gasteiger partial charge < -0.3 is 4.90 Å². The van der Waals surface area contributed by atoms with Crippen LogP contribution in [0.1, 0.15) is 38.9 Å². The molecule has 1 nitrogen and oxygen atoms in total. The average Bonchev–Trinajstić information content (AvgIpc) is 2.97. The van der Waals surface area contributed by atoms with Crippen molar-refractivity contribution in [1.29, 1.82) is 0 Å². The van der Waals surface area contributed by atoms with Crippen LogP contribution in [0.25, 0.3) is 11.1 Å². The minimum absolute atomic E-state index is 0.893. The van der Waals surface area contributed by atoms with Crippen molar-refractivity contribution >= 4 is 5.69 Å². The largest absolute Gasteiger partial charge is 0.370 e. The molecule has 0 unspecified atom stereocenters. The van der Waals surface area contributed by atoms with Crippen molar-refractivity contribution in [3.8, 4) is 11.1 Å². The number of rotatable bonds is 10. The Balaban J connectivity index is 1.09. The maximum atomic E-state index is 2.32. The van der Waals surface area contributed by atoms with Gasteiger partial charge in [-0.3, -0.25) is 0 Å². The fourth-order valence-electron chi connectivity index (χ4n) is 5.04. The van der Waals surface area contributed by atoms with Gasteiger partial charge in [-0.15, -0.1) is 0 Å². The molecular weight excluding hydrogens is 470 g/mol. The van der Waals surface area contributed by atoms with E-state index >= 15 is 0 Å². The van der Waals surface area contributed by atoms with Crippen molar-refractivity contribution in [1.82, 2.24) is 0 Å². The molecule has 0 aliphatic rings. The number of hydrogen-bond acceptors (Lipinski definition) is 1. The molecule has 0 heterocycles. The average molecular weight is 510 g/mol. The highest BCUT2D eigenvalue weighted by Gasteiger charge is 2.05. The van der Waals surface area contributed by atoms with Crippen LogP contribution < -0.4 is 4.90 Å². The van der Waals surface area contributed by atoms with Gasteiger partial charge in [0.2, 0.25) is 0 Å².